The minimum absolute atomic E-state index is 0.0725. The van der Waals surface area contributed by atoms with E-state index in [9.17, 15) is 9.18 Å². The fraction of sp³-hybridized carbons (Fsp3) is 0. The van der Waals surface area contributed by atoms with Crippen molar-refractivity contribution in [1.29, 1.82) is 0 Å². The Morgan fingerprint density at radius 3 is 2.55 bits per heavy atom. The van der Waals surface area contributed by atoms with Crippen molar-refractivity contribution in [2.24, 2.45) is 0 Å². The number of hydrogen-bond acceptors (Lipinski definition) is 3. The van der Waals surface area contributed by atoms with Crippen molar-refractivity contribution in [3.8, 4) is 0 Å². The molecular formula is C7H7FN2O. The van der Waals surface area contributed by atoms with Crippen LogP contribution in [0.15, 0.2) is 12.1 Å². The highest BCUT2D eigenvalue weighted by molar-refractivity contribution is 5.80. The summed E-state index contributed by atoms with van der Waals surface area (Å²) < 4.78 is 12.8. The van der Waals surface area contributed by atoms with Crippen molar-refractivity contribution >= 4 is 17.7 Å². The second-order valence-corrected chi connectivity index (χ2v) is 2.09. The van der Waals surface area contributed by atoms with Crippen LogP contribution in [0, 0.1) is 5.82 Å². The Labute approximate surface area is 62.8 Å². The Balaban J connectivity index is 3.36. The molecule has 4 N–H and O–H groups in total. The highest BCUT2D eigenvalue weighted by Gasteiger charge is 2.06. The molecule has 0 aromatic heterocycles. The number of halogens is 1. The van der Waals surface area contributed by atoms with Crippen LogP contribution in [0.2, 0.25) is 0 Å². The quantitative estimate of drug-likeness (QED) is 0.464. The second kappa shape index (κ2) is 2.57. The Bertz CT molecular complexity index is 299. The van der Waals surface area contributed by atoms with Crippen LogP contribution in [-0.4, -0.2) is 6.29 Å². The third-order valence-corrected chi connectivity index (χ3v) is 1.37. The standard InChI is InChI=1S/C7H7FN2O/c8-6-4(3-11)1-2-5(9)7(6)10/h1-3H,9-10H2. The van der Waals surface area contributed by atoms with E-state index in [0.717, 1.165) is 0 Å². The number of benzene rings is 1. The fourth-order valence-electron chi connectivity index (χ4n) is 0.716. The molecule has 0 saturated carbocycles. The molecule has 0 aliphatic carbocycles. The van der Waals surface area contributed by atoms with Gasteiger partial charge in [-0.2, -0.15) is 0 Å². The molecule has 1 aromatic carbocycles. The predicted octanol–water partition coefficient (Wildman–Crippen LogP) is 0.803. The van der Waals surface area contributed by atoms with Gasteiger partial charge in [0.25, 0.3) is 0 Å². The smallest absolute Gasteiger partial charge is 0.158 e. The van der Waals surface area contributed by atoms with Gasteiger partial charge in [-0.05, 0) is 12.1 Å². The molecule has 11 heavy (non-hydrogen) atoms. The maximum atomic E-state index is 12.8. The molecule has 0 unspecified atom stereocenters. The van der Waals surface area contributed by atoms with Crippen molar-refractivity contribution in [2.45, 2.75) is 0 Å². The molecule has 58 valence electrons. The monoisotopic (exact) mass is 154 g/mol. The van der Waals surface area contributed by atoms with Crippen molar-refractivity contribution < 1.29 is 9.18 Å². The Morgan fingerprint density at radius 1 is 1.36 bits per heavy atom. The number of nitrogen functional groups attached to an aromatic ring is 2. The van der Waals surface area contributed by atoms with Crippen LogP contribution in [0.25, 0.3) is 0 Å². The summed E-state index contributed by atoms with van der Waals surface area (Å²) in [6.07, 6.45) is 0.394. The number of nitrogens with two attached hydrogens (primary N) is 2. The Hall–Kier alpha value is -1.58. The predicted molar refractivity (Wildman–Crippen MR) is 40.6 cm³/mol. The second-order valence-electron chi connectivity index (χ2n) is 2.09. The lowest BCUT2D eigenvalue weighted by molar-refractivity contribution is 0.112. The van der Waals surface area contributed by atoms with Gasteiger partial charge >= 0.3 is 0 Å². The van der Waals surface area contributed by atoms with Gasteiger partial charge in [-0.3, -0.25) is 4.79 Å². The van der Waals surface area contributed by atoms with E-state index in [1.54, 1.807) is 0 Å². The average Bonchev–Trinajstić information content (AvgIpc) is 2.01. The summed E-state index contributed by atoms with van der Waals surface area (Å²) >= 11 is 0. The van der Waals surface area contributed by atoms with Crippen LogP contribution in [-0.2, 0) is 0 Å². The van der Waals surface area contributed by atoms with Gasteiger partial charge < -0.3 is 11.5 Å². The minimum Gasteiger partial charge on any atom is -0.397 e. The van der Waals surface area contributed by atoms with E-state index in [1.165, 1.54) is 12.1 Å². The first-order valence-corrected chi connectivity index (χ1v) is 2.95. The summed E-state index contributed by atoms with van der Waals surface area (Å²) in [5.74, 6) is -0.750. The number of carbonyl (C=O) groups excluding carboxylic acids is 1. The van der Waals surface area contributed by atoms with Gasteiger partial charge in [0.1, 0.15) is 0 Å². The molecule has 0 radical (unpaired) electrons. The van der Waals surface area contributed by atoms with Crippen LogP contribution in [0.3, 0.4) is 0 Å². The van der Waals surface area contributed by atoms with Crippen LogP contribution in [0.1, 0.15) is 10.4 Å². The van der Waals surface area contributed by atoms with Crippen LogP contribution in [0.4, 0.5) is 15.8 Å². The van der Waals surface area contributed by atoms with E-state index < -0.39 is 5.82 Å². The molecule has 0 bridgehead atoms. The third kappa shape index (κ3) is 1.14. The molecule has 0 atom stereocenters. The topological polar surface area (TPSA) is 69.1 Å². The van der Waals surface area contributed by atoms with Crippen molar-refractivity contribution in [3.05, 3.63) is 23.5 Å². The maximum Gasteiger partial charge on any atom is 0.158 e. The molecule has 0 saturated heterocycles. The van der Waals surface area contributed by atoms with Gasteiger partial charge in [0, 0.05) is 0 Å². The summed E-state index contributed by atoms with van der Waals surface area (Å²) in [4.78, 5) is 10.2. The molecule has 1 aromatic rings. The van der Waals surface area contributed by atoms with Gasteiger partial charge in [0.05, 0.1) is 16.9 Å². The van der Waals surface area contributed by atoms with E-state index in [4.69, 9.17) is 11.5 Å². The fourth-order valence-corrected chi connectivity index (χ4v) is 0.716. The number of rotatable bonds is 1. The van der Waals surface area contributed by atoms with E-state index in [2.05, 4.69) is 0 Å². The van der Waals surface area contributed by atoms with Crippen molar-refractivity contribution in [1.82, 2.24) is 0 Å². The highest BCUT2D eigenvalue weighted by Crippen LogP contribution is 2.20. The van der Waals surface area contributed by atoms with E-state index >= 15 is 0 Å². The first kappa shape index (κ1) is 7.53. The zero-order chi connectivity index (χ0) is 8.43. The number of anilines is 2. The van der Waals surface area contributed by atoms with E-state index in [-0.39, 0.29) is 16.9 Å². The van der Waals surface area contributed by atoms with Crippen LogP contribution >= 0.6 is 0 Å². The molecule has 1 rings (SSSR count). The Morgan fingerprint density at radius 2 is 2.00 bits per heavy atom. The minimum atomic E-state index is -0.750. The lowest BCUT2D eigenvalue weighted by atomic mass is 10.2. The lowest BCUT2D eigenvalue weighted by Gasteiger charge is -2.01. The maximum absolute atomic E-state index is 12.8. The summed E-state index contributed by atoms with van der Waals surface area (Å²) in [5, 5.41) is 0. The molecule has 0 aliphatic heterocycles. The molecule has 0 spiro atoms. The SMILES string of the molecule is Nc1ccc(C=O)c(F)c1N. The van der Waals surface area contributed by atoms with Gasteiger partial charge in [0.2, 0.25) is 0 Å². The molecule has 0 fully saturated rings. The molecule has 0 aliphatic rings. The van der Waals surface area contributed by atoms with E-state index in [1.807, 2.05) is 0 Å². The number of hydrogen-bond donors (Lipinski definition) is 2. The largest absolute Gasteiger partial charge is 0.397 e. The van der Waals surface area contributed by atoms with Gasteiger partial charge in [-0.15, -0.1) is 0 Å². The Kier molecular flexibility index (Phi) is 1.76. The van der Waals surface area contributed by atoms with E-state index in [0.29, 0.717) is 6.29 Å². The average molecular weight is 154 g/mol. The van der Waals surface area contributed by atoms with Gasteiger partial charge in [0.15, 0.2) is 12.1 Å². The summed E-state index contributed by atoms with van der Waals surface area (Å²) in [5.41, 5.74) is 10.4. The summed E-state index contributed by atoms with van der Waals surface area (Å²) in [7, 11) is 0. The zero-order valence-corrected chi connectivity index (χ0v) is 5.67. The van der Waals surface area contributed by atoms with Crippen LogP contribution < -0.4 is 11.5 Å². The third-order valence-electron chi connectivity index (χ3n) is 1.37. The summed E-state index contributed by atoms with van der Waals surface area (Å²) in [6, 6.07) is 2.68. The first-order chi connectivity index (χ1) is 5.16. The number of carbonyl (C=O) groups is 1. The molecule has 0 amide bonds. The van der Waals surface area contributed by atoms with Crippen LogP contribution in [0.5, 0.6) is 0 Å². The van der Waals surface area contributed by atoms with Gasteiger partial charge in [-0.25, -0.2) is 4.39 Å². The molecule has 4 heteroatoms. The van der Waals surface area contributed by atoms with Crippen molar-refractivity contribution in [2.75, 3.05) is 11.5 Å². The molecule has 0 heterocycles. The lowest BCUT2D eigenvalue weighted by Crippen LogP contribution is -2.00. The molecular weight excluding hydrogens is 147 g/mol. The normalized spacial score (nSPS) is 9.55. The highest BCUT2D eigenvalue weighted by atomic mass is 19.1. The molecule has 3 nitrogen and oxygen atoms in total. The van der Waals surface area contributed by atoms with Gasteiger partial charge in [-0.1, -0.05) is 0 Å². The number of aldehydes is 1. The van der Waals surface area contributed by atoms with Crippen molar-refractivity contribution in [3.63, 3.8) is 0 Å². The first-order valence-electron chi connectivity index (χ1n) is 2.95. The summed E-state index contributed by atoms with van der Waals surface area (Å²) in [6.45, 7) is 0. The zero-order valence-electron chi connectivity index (χ0n) is 5.67.